The highest BCUT2D eigenvalue weighted by atomic mass is 16.5. The molecule has 1 amide bonds. The maximum atomic E-state index is 12.9. The average Bonchev–Trinajstić information content (AvgIpc) is 3.38. The van der Waals surface area contributed by atoms with E-state index in [1.165, 1.54) is 0 Å². The van der Waals surface area contributed by atoms with Gasteiger partial charge in [0.05, 0.1) is 16.9 Å². The van der Waals surface area contributed by atoms with E-state index in [0.717, 1.165) is 39.8 Å². The van der Waals surface area contributed by atoms with Gasteiger partial charge in [-0.3, -0.25) is 14.8 Å². The topological polar surface area (TPSA) is 81.9 Å². The molecule has 5 aromatic rings. The molecule has 0 radical (unpaired) electrons. The van der Waals surface area contributed by atoms with Gasteiger partial charge in [0, 0.05) is 47.8 Å². The van der Waals surface area contributed by atoms with Crippen LogP contribution < -0.4 is 10.1 Å². The summed E-state index contributed by atoms with van der Waals surface area (Å²) in [6.45, 7) is 4.40. The third kappa shape index (κ3) is 4.75. The van der Waals surface area contributed by atoms with E-state index in [1.54, 1.807) is 24.7 Å². The summed E-state index contributed by atoms with van der Waals surface area (Å²) in [7, 11) is 0. The number of nitrogens with zero attached hydrogens (tertiary/aromatic N) is 4. The third-order valence-electron chi connectivity index (χ3n) is 5.91. The van der Waals surface area contributed by atoms with Crippen molar-refractivity contribution in [2.75, 3.05) is 0 Å². The van der Waals surface area contributed by atoms with E-state index < -0.39 is 0 Å². The van der Waals surface area contributed by atoms with Crippen molar-refractivity contribution in [3.63, 3.8) is 0 Å². The largest absolute Gasteiger partial charge is 0.456 e. The second kappa shape index (κ2) is 9.77. The Morgan fingerprint density at radius 3 is 2.66 bits per heavy atom. The van der Waals surface area contributed by atoms with Gasteiger partial charge in [0.15, 0.2) is 0 Å². The molecule has 0 fully saturated rings. The lowest BCUT2D eigenvalue weighted by Gasteiger charge is -2.14. The molecule has 174 valence electrons. The molecular formula is C28H25N5O2. The van der Waals surface area contributed by atoms with E-state index in [4.69, 9.17) is 4.74 Å². The first-order chi connectivity index (χ1) is 17.1. The molecule has 0 saturated heterocycles. The number of hydrogen-bond donors (Lipinski definition) is 1. The zero-order valence-corrected chi connectivity index (χ0v) is 19.6. The highest BCUT2D eigenvalue weighted by Crippen LogP contribution is 2.32. The Morgan fingerprint density at radius 1 is 1.00 bits per heavy atom. The fourth-order valence-corrected chi connectivity index (χ4v) is 3.90. The number of rotatable bonds is 7. The van der Waals surface area contributed by atoms with Gasteiger partial charge in [0.2, 0.25) is 0 Å². The van der Waals surface area contributed by atoms with Gasteiger partial charge in [-0.15, -0.1) is 0 Å². The number of carbonyl (C=O) groups excluding carboxylic acids is 1. The Hall–Kier alpha value is -4.52. The Labute approximate surface area is 203 Å². The normalized spacial score (nSPS) is 10.9. The molecule has 5 rings (SSSR count). The Bertz CT molecular complexity index is 1490. The second-order valence-electron chi connectivity index (χ2n) is 8.18. The first-order valence-corrected chi connectivity index (χ1v) is 11.5. The number of nitrogens with one attached hydrogen (secondary N) is 1. The molecule has 0 atom stereocenters. The minimum absolute atomic E-state index is 0.153. The predicted octanol–water partition coefficient (Wildman–Crippen LogP) is 5.41. The summed E-state index contributed by atoms with van der Waals surface area (Å²) in [4.78, 5) is 21.4. The van der Waals surface area contributed by atoms with E-state index in [9.17, 15) is 4.79 Å². The van der Waals surface area contributed by atoms with Crippen LogP contribution in [0.2, 0.25) is 0 Å². The number of hydrogen-bond acceptors (Lipinski definition) is 5. The van der Waals surface area contributed by atoms with Crippen molar-refractivity contribution in [1.29, 1.82) is 0 Å². The van der Waals surface area contributed by atoms with Crippen molar-refractivity contribution >= 4 is 16.8 Å². The molecule has 1 N–H and O–H groups in total. The van der Waals surface area contributed by atoms with Crippen molar-refractivity contribution in [3.05, 3.63) is 108 Å². The number of ether oxygens (including phenoxy) is 1. The molecular weight excluding hydrogens is 438 g/mol. The first kappa shape index (κ1) is 22.3. The summed E-state index contributed by atoms with van der Waals surface area (Å²) < 4.78 is 8.15. The predicted molar refractivity (Wildman–Crippen MR) is 135 cm³/mol. The van der Waals surface area contributed by atoms with Gasteiger partial charge in [0.1, 0.15) is 11.5 Å². The Kier molecular flexibility index (Phi) is 6.22. The van der Waals surface area contributed by atoms with Crippen LogP contribution in [0.4, 0.5) is 0 Å². The van der Waals surface area contributed by atoms with Crippen LogP contribution in [0.5, 0.6) is 11.5 Å². The minimum atomic E-state index is -0.153. The minimum Gasteiger partial charge on any atom is -0.456 e. The highest BCUT2D eigenvalue weighted by Gasteiger charge is 2.14. The van der Waals surface area contributed by atoms with Crippen LogP contribution in [0.25, 0.3) is 16.6 Å². The van der Waals surface area contributed by atoms with E-state index in [1.807, 2.05) is 72.4 Å². The number of carbonyl (C=O) groups is 1. The van der Waals surface area contributed by atoms with E-state index in [2.05, 4.69) is 27.3 Å². The molecule has 0 bridgehead atoms. The maximum absolute atomic E-state index is 12.9. The summed E-state index contributed by atoms with van der Waals surface area (Å²) in [6.07, 6.45) is 7.98. The van der Waals surface area contributed by atoms with Crippen molar-refractivity contribution in [2.45, 2.75) is 26.8 Å². The van der Waals surface area contributed by atoms with E-state index >= 15 is 0 Å². The average molecular weight is 464 g/mol. The molecule has 0 aliphatic carbocycles. The smallest absolute Gasteiger partial charge is 0.251 e. The van der Waals surface area contributed by atoms with E-state index in [0.29, 0.717) is 23.6 Å². The van der Waals surface area contributed by atoms with Crippen LogP contribution >= 0.6 is 0 Å². The monoisotopic (exact) mass is 463 g/mol. The van der Waals surface area contributed by atoms with Crippen molar-refractivity contribution in [2.24, 2.45) is 0 Å². The van der Waals surface area contributed by atoms with Crippen LogP contribution in [0.3, 0.4) is 0 Å². The van der Waals surface area contributed by atoms with Crippen molar-refractivity contribution < 1.29 is 9.53 Å². The van der Waals surface area contributed by atoms with Crippen LogP contribution in [0.1, 0.15) is 34.1 Å². The summed E-state index contributed by atoms with van der Waals surface area (Å²) in [5.41, 5.74) is 5.10. The standard InChI is InChI=1S/C28H25N5O2/c1-3-21-12-16-33(32-21)22-7-8-24-25(17-22)30-15-11-27(24)35-26-6-4-5-23(19(26)2)28(34)31-18-20-9-13-29-14-10-20/h4-17H,3,18H2,1-2H3,(H,31,34). The summed E-state index contributed by atoms with van der Waals surface area (Å²) in [6, 6.07) is 19.1. The number of aryl methyl sites for hydroxylation is 1. The molecule has 0 spiro atoms. The first-order valence-electron chi connectivity index (χ1n) is 11.5. The molecule has 0 unspecified atom stereocenters. The number of benzene rings is 2. The zero-order valence-electron chi connectivity index (χ0n) is 19.6. The molecule has 3 heterocycles. The number of amides is 1. The fourth-order valence-electron chi connectivity index (χ4n) is 3.90. The van der Waals surface area contributed by atoms with Crippen LogP contribution in [-0.4, -0.2) is 25.7 Å². The molecule has 0 aliphatic rings. The lowest BCUT2D eigenvalue weighted by Crippen LogP contribution is -2.23. The fraction of sp³-hybridized carbons (Fsp3) is 0.143. The second-order valence-corrected chi connectivity index (χ2v) is 8.18. The van der Waals surface area contributed by atoms with Crippen LogP contribution in [0.15, 0.2) is 85.5 Å². The molecule has 7 nitrogen and oxygen atoms in total. The Balaban J connectivity index is 1.39. The molecule has 3 aromatic heterocycles. The molecule has 0 aliphatic heterocycles. The van der Waals surface area contributed by atoms with E-state index in [-0.39, 0.29) is 5.91 Å². The SMILES string of the molecule is CCc1ccn(-c2ccc3c(Oc4cccc(C(=O)NCc5ccncc5)c4C)ccnc3c2)n1. The number of fused-ring (bicyclic) bond motifs is 1. The van der Waals surface area contributed by atoms with Gasteiger partial charge in [-0.1, -0.05) is 13.0 Å². The van der Waals surface area contributed by atoms with Gasteiger partial charge in [-0.2, -0.15) is 5.10 Å². The van der Waals surface area contributed by atoms with Crippen molar-refractivity contribution in [3.8, 4) is 17.2 Å². The summed E-state index contributed by atoms with van der Waals surface area (Å²) in [5.74, 6) is 1.14. The zero-order chi connectivity index (χ0) is 24.2. The van der Waals surface area contributed by atoms with Gasteiger partial charge in [0.25, 0.3) is 5.91 Å². The summed E-state index contributed by atoms with van der Waals surface area (Å²) >= 11 is 0. The van der Waals surface area contributed by atoms with Crippen LogP contribution in [0, 0.1) is 6.92 Å². The molecule has 0 saturated carbocycles. The summed E-state index contributed by atoms with van der Waals surface area (Å²) in [5, 5.41) is 8.43. The van der Waals surface area contributed by atoms with Crippen LogP contribution in [-0.2, 0) is 13.0 Å². The maximum Gasteiger partial charge on any atom is 0.251 e. The van der Waals surface area contributed by atoms with Gasteiger partial charge >= 0.3 is 0 Å². The van der Waals surface area contributed by atoms with Gasteiger partial charge in [-0.05, 0) is 73.5 Å². The molecule has 2 aromatic carbocycles. The highest BCUT2D eigenvalue weighted by molar-refractivity contribution is 5.96. The molecule has 35 heavy (non-hydrogen) atoms. The Morgan fingerprint density at radius 2 is 1.86 bits per heavy atom. The number of pyridine rings is 2. The quantitative estimate of drug-likeness (QED) is 0.349. The lowest BCUT2D eigenvalue weighted by atomic mass is 10.1. The third-order valence-corrected chi connectivity index (χ3v) is 5.91. The van der Waals surface area contributed by atoms with Gasteiger partial charge < -0.3 is 10.1 Å². The van der Waals surface area contributed by atoms with Gasteiger partial charge in [-0.25, -0.2) is 4.68 Å². The molecule has 7 heteroatoms. The lowest BCUT2D eigenvalue weighted by molar-refractivity contribution is 0.0950. The number of aromatic nitrogens is 4. The van der Waals surface area contributed by atoms with Crippen molar-refractivity contribution in [1.82, 2.24) is 25.1 Å².